The van der Waals surface area contributed by atoms with Crippen LogP contribution in [-0.4, -0.2) is 25.1 Å². The van der Waals surface area contributed by atoms with E-state index in [2.05, 4.69) is 0 Å². The molecule has 0 amide bonds. The van der Waals surface area contributed by atoms with E-state index in [1.165, 1.54) is 7.11 Å². The molecule has 0 saturated heterocycles. The van der Waals surface area contributed by atoms with Crippen molar-refractivity contribution in [3.8, 4) is 5.75 Å². The van der Waals surface area contributed by atoms with Gasteiger partial charge in [0.05, 0.1) is 6.10 Å². The fraction of sp³-hybridized carbons (Fsp3) is 0.462. The number of hydrogen-bond donors (Lipinski definition) is 0. The van der Waals surface area contributed by atoms with Crippen LogP contribution in [0.4, 0.5) is 0 Å². The third-order valence-corrected chi connectivity index (χ3v) is 2.21. The number of rotatable bonds is 5. The highest BCUT2D eigenvalue weighted by molar-refractivity contribution is 5.99. The quantitative estimate of drug-likeness (QED) is 0.718. The molecule has 0 aliphatic heterocycles. The van der Waals surface area contributed by atoms with Gasteiger partial charge in [-0.3, -0.25) is 4.79 Å². The fourth-order valence-electron chi connectivity index (χ4n) is 1.34. The summed E-state index contributed by atoms with van der Waals surface area (Å²) < 4.78 is 10.5. The van der Waals surface area contributed by atoms with Crippen LogP contribution in [0.5, 0.6) is 5.75 Å². The van der Waals surface area contributed by atoms with Crippen molar-refractivity contribution in [3.05, 3.63) is 29.8 Å². The van der Waals surface area contributed by atoms with Crippen LogP contribution in [0, 0.1) is 0 Å². The van der Waals surface area contributed by atoms with Gasteiger partial charge >= 0.3 is 0 Å². The van der Waals surface area contributed by atoms with Gasteiger partial charge in [0.1, 0.15) is 11.9 Å². The summed E-state index contributed by atoms with van der Waals surface area (Å²) in [6, 6.07) is 7.17. The molecule has 88 valence electrons. The first-order valence-corrected chi connectivity index (χ1v) is 5.38. The average molecular weight is 222 g/mol. The smallest absolute Gasteiger partial charge is 0.191 e. The Morgan fingerprint density at radius 1 is 1.25 bits per heavy atom. The minimum absolute atomic E-state index is 0.0308. The summed E-state index contributed by atoms with van der Waals surface area (Å²) in [6.07, 6.45) is -0.320. The summed E-state index contributed by atoms with van der Waals surface area (Å²) >= 11 is 0. The molecule has 0 fully saturated rings. The highest BCUT2D eigenvalue weighted by Crippen LogP contribution is 2.16. The largest absolute Gasteiger partial charge is 0.491 e. The third kappa shape index (κ3) is 3.35. The first kappa shape index (κ1) is 12.7. The standard InChI is InChI=1S/C13H18O3/c1-9(2)16-12-7-5-6-11(8-12)13(14)10(3)15-4/h5-10H,1-4H3. The minimum Gasteiger partial charge on any atom is -0.491 e. The second-order valence-corrected chi connectivity index (χ2v) is 3.94. The van der Waals surface area contributed by atoms with E-state index in [1.54, 1.807) is 19.1 Å². The molecule has 0 spiro atoms. The molecular weight excluding hydrogens is 204 g/mol. The first-order chi connectivity index (χ1) is 7.54. The molecule has 1 atom stereocenters. The van der Waals surface area contributed by atoms with Gasteiger partial charge in [0.25, 0.3) is 0 Å². The Labute approximate surface area is 96.4 Å². The molecule has 0 heterocycles. The molecule has 3 nitrogen and oxygen atoms in total. The molecule has 0 saturated carbocycles. The van der Waals surface area contributed by atoms with E-state index in [0.29, 0.717) is 11.3 Å². The van der Waals surface area contributed by atoms with E-state index in [-0.39, 0.29) is 11.9 Å². The molecular formula is C13H18O3. The van der Waals surface area contributed by atoms with Gasteiger partial charge in [-0.2, -0.15) is 0 Å². The van der Waals surface area contributed by atoms with E-state index in [4.69, 9.17) is 9.47 Å². The van der Waals surface area contributed by atoms with Crippen LogP contribution in [-0.2, 0) is 4.74 Å². The maximum atomic E-state index is 11.8. The van der Waals surface area contributed by atoms with E-state index in [0.717, 1.165) is 0 Å². The lowest BCUT2D eigenvalue weighted by atomic mass is 10.1. The van der Waals surface area contributed by atoms with Gasteiger partial charge in [-0.05, 0) is 32.9 Å². The van der Waals surface area contributed by atoms with Gasteiger partial charge in [-0.25, -0.2) is 0 Å². The Balaban J connectivity index is 2.85. The van der Waals surface area contributed by atoms with Gasteiger partial charge in [0.15, 0.2) is 5.78 Å². The topological polar surface area (TPSA) is 35.5 Å². The Bertz CT molecular complexity index is 358. The Kier molecular flexibility index (Phi) is 4.50. The van der Waals surface area contributed by atoms with Crippen molar-refractivity contribution in [2.45, 2.75) is 33.0 Å². The fourth-order valence-corrected chi connectivity index (χ4v) is 1.34. The van der Waals surface area contributed by atoms with Crippen LogP contribution in [0.3, 0.4) is 0 Å². The molecule has 1 aromatic carbocycles. The molecule has 0 aromatic heterocycles. The highest BCUT2D eigenvalue weighted by atomic mass is 16.5. The van der Waals surface area contributed by atoms with Gasteiger partial charge in [0, 0.05) is 12.7 Å². The molecule has 1 rings (SSSR count). The normalized spacial score (nSPS) is 12.6. The summed E-state index contributed by atoms with van der Waals surface area (Å²) in [4.78, 5) is 11.8. The minimum atomic E-state index is -0.422. The number of hydrogen-bond acceptors (Lipinski definition) is 3. The predicted molar refractivity (Wildman–Crippen MR) is 63.0 cm³/mol. The summed E-state index contributed by atoms with van der Waals surface area (Å²) in [5.74, 6) is 0.681. The number of carbonyl (C=O) groups excluding carboxylic acids is 1. The second kappa shape index (κ2) is 5.66. The molecule has 0 N–H and O–H groups in total. The van der Waals surface area contributed by atoms with Crippen LogP contribution in [0.25, 0.3) is 0 Å². The molecule has 0 aliphatic carbocycles. The zero-order valence-electron chi connectivity index (χ0n) is 10.2. The number of benzene rings is 1. The number of ether oxygens (including phenoxy) is 2. The molecule has 1 unspecified atom stereocenters. The zero-order chi connectivity index (χ0) is 12.1. The van der Waals surface area contributed by atoms with Crippen molar-refractivity contribution in [1.29, 1.82) is 0 Å². The summed E-state index contributed by atoms with van der Waals surface area (Å²) in [6.45, 7) is 5.64. The van der Waals surface area contributed by atoms with Crippen molar-refractivity contribution >= 4 is 5.78 Å². The Morgan fingerprint density at radius 3 is 2.50 bits per heavy atom. The summed E-state index contributed by atoms with van der Waals surface area (Å²) in [5.41, 5.74) is 0.618. The lowest BCUT2D eigenvalue weighted by Crippen LogP contribution is -2.19. The molecule has 1 aromatic rings. The molecule has 0 bridgehead atoms. The highest BCUT2D eigenvalue weighted by Gasteiger charge is 2.14. The maximum Gasteiger partial charge on any atom is 0.191 e. The second-order valence-electron chi connectivity index (χ2n) is 3.94. The number of methoxy groups -OCH3 is 1. The van der Waals surface area contributed by atoms with Crippen LogP contribution < -0.4 is 4.74 Å². The Morgan fingerprint density at radius 2 is 1.94 bits per heavy atom. The SMILES string of the molecule is COC(C)C(=O)c1cccc(OC(C)C)c1. The van der Waals surface area contributed by atoms with E-state index in [9.17, 15) is 4.79 Å². The van der Waals surface area contributed by atoms with Crippen molar-refractivity contribution in [2.24, 2.45) is 0 Å². The average Bonchev–Trinajstić information content (AvgIpc) is 2.26. The van der Waals surface area contributed by atoms with Crippen LogP contribution in [0.2, 0.25) is 0 Å². The van der Waals surface area contributed by atoms with Gasteiger partial charge in [-0.1, -0.05) is 12.1 Å². The monoisotopic (exact) mass is 222 g/mol. The van der Waals surface area contributed by atoms with E-state index < -0.39 is 6.10 Å². The number of ketones is 1. The van der Waals surface area contributed by atoms with Gasteiger partial charge < -0.3 is 9.47 Å². The summed E-state index contributed by atoms with van der Waals surface area (Å²) in [5, 5.41) is 0. The van der Waals surface area contributed by atoms with Crippen molar-refractivity contribution in [1.82, 2.24) is 0 Å². The lowest BCUT2D eigenvalue weighted by molar-refractivity contribution is 0.0655. The van der Waals surface area contributed by atoms with Gasteiger partial charge in [-0.15, -0.1) is 0 Å². The van der Waals surface area contributed by atoms with Crippen molar-refractivity contribution < 1.29 is 14.3 Å². The van der Waals surface area contributed by atoms with Crippen LogP contribution in [0.15, 0.2) is 24.3 Å². The number of carbonyl (C=O) groups is 1. The first-order valence-electron chi connectivity index (χ1n) is 5.38. The van der Waals surface area contributed by atoms with Crippen molar-refractivity contribution in [2.75, 3.05) is 7.11 Å². The Hall–Kier alpha value is -1.35. The maximum absolute atomic E-state index is 11.8. The number of Topliss-reactive ketones (excluding diaryl/α,β-unsaturated/α-hetero) is 1. The molecule has 3 heteroatoms. The van der Waals surface area contributed by atoms with E-state index in [1.807, 2.05) is 26.0 Å². The third-order valence-electron chi connectivity index (χ3n) is 2.21. The molecule has 0 aliphatic rings. The summed E-state index contributed by atoms with van der Waals surface area (Å²) in [7, 11) is 1.52. The van der Waals surface area contributed by atoms with Crippen molar-refractivity contribution in [3.63, 3.8) is 0 Å². The lowest BCUT2D eigenvalue weighted by Gasteiger charge is -2.12. The predicted octanol–water partition coefficient (Wildman–Crippen LogP) is 2.69. The van der Waals surface area contributed by atoms with Crippen LogP contribution >= 0.6 is 0 Å². The zero-order valence-corrected chi connectivity index (χ0v) is 10.2. The van der Waals surface area contributed by atoms with E-state index >= 15 is 0 Å². The molecule has 0 radical (unpaired) electrons. The van der Waals surface area contributed by atoms with Gasteiger partial charge in [0.2, 0.25) is 0 Å². The van der Waals surface area contributed by atoms with Crippen LogP contribution in [0.1, 0.15) is 31.1 Å². The molecule has 16 heavy (non-hydrogen) atoms.